The minimum absolute atomic E-state index is 0.279. The molecule has 86 valence electrons. The Morgan fingerprint density at radius 2 is 2.25 bits per heavy atom. The SMILES string of the molecule is CNC(C)c1nn2c(C3CCC3)nnc2s1. The van der Waals surface area contributed by atoms with Crippen molar-refractivity contribution in [3.05, 3.63) is 10.8 Å². The zero-order chi connectivity index (χ0) is 11.1. The zero-order valence-corrected chi connectivity index (χ0v) is 10.3. The van der Waals surface area contributed by atoms with E-state index in [0.717, 1.165) is 15.8 Å². The maximum Gasteiger partial charge on any atom is 0.234 e. The fraction of sp³-hybridized carbons (Fsp3) is 0.700. The Morgan fingerprint density at radius 3 is 2.88 bits per heavy atom. The molecule has 5 nitrogen and oxygen atoms in total. The average Bonchev–Trinajstić information content (AvgIpc) is 2.76. The first-order chi connectivity index (χ1) is 7.79. The van der Waals surface area contributed by atoms with Gasteiger partial charge in [0.05, 0.1) is 6.04 Å². The molecule has 0 amide bonds. The Labute approximate surface area is 97.9 Å². The van der Waals surface area contributed by atoms with Crippen LogP contribution in [-0.2, 0) is 0 Å². The standard InChI is InChI=1S/C10H15N5S/c1-6(11-2)9-14-15-8(7-4-3-5-7)12-13-10(15)16-9/h6-7,11H,3-5H2,1-2H3. The molecule has 2 heterocycles. The monoisotopic (exact) mass is 237 g/mol. The number of hydrogen-bond acceptors (Lipinski definition) is 5. The molecule has 0 bridgehead atoms. The van der Waals surface area contributed by atoms with Gasteiger partial charge in [-0.3, -0.25) is 0 Å². The van der Waals surface area contributed by atoms with Crippen molar-refractivity contribution in [2.24, 2.45) is 0 Å². The van der Waals surface area contributed by atoms with Crippen molar-refractivity contribution in [3.63, 3.8) is 0 Å². The second-order valence-corrected chi connectivity index (χ2v) is 5.32. The fourth-order valence-electron chi connectivity index (χ4n) is 1.87. The first kappa shape index (κ1) is 10.2. The van der Waals surface area contributed by atoms with E-state index in [0.29, 0.717) is 5.92 Å². The van der Waals surface area contributed by atoms with Crippen LogP contribution < -0.4 is 5.32 Å². The van der Waals surface area contributed by atoms with Gasteiger partial charge in [0.25, 0.3) is 0 Å². The molecule has 2 aromatic rings. The third-order valence-electron chi connectivity index (χ3n) is 3.30. The Balaban J connectivity index is 2.01. The first-order valence-electron chi connectivity index (χ1n) is 5.69. The molecule has 3 rings (SSSR count). The van der Waals surface area contributed by atoms with Crippen LogP contribution in [0, 0.1) is 0 Å². The molecule has 1 fully saturated rings. The summed E-state index contributed by atoms with van der Waals surface area (Å²) >= 11 is 1.62. The van der Waals surface area contributed by atoms with Gasteiger partial charge in [-0.1, -0.05) is 17.8 Å². The molecule has 0 saturated heterocycles. The quantitative estimate of drug-likeness (QED) is 0.883. The molecule has 1 atom stereocenters. The average molecular weight is 237 g/mol. The van der Waals surface area contributed by atoms with E-state index >= 15 is 0 Å². The first-order valence-corrected chi connectivity index (χ1v) is 6.50. The molecule has 1 N–H and O–H groups in total. The summed E-state index contributed by atoms with van der Waals surface area (Å²) in [5.41, 5.74) is 0. The molecule has 0 radical (unpaired) electrons. The van der Waals surface area contributed by atoms with Gasteiger partial charge in [-0.15, -0.1) is 10.2 Å². The van der Waals surface area contributed by atoms with Crippen molar-refractivity contribution < 1.29 is 0 Å². The predicted octanol–water partition coefficient (Wildman–Crippen LogP) is 1.73. The summed E-state index contributed by atoms with van der Waals surface area (Å²) in [5.74, 6) is 1.63. The van der Waals surface area contributed by atoms with Crippen LogP contribution in [0.1, 0.15) is 49.0 Å². The Morgan fingerprint density at radius 1 is 1.44 bits per heavy atom. The molecule has 16 heavy (non-hydrogen) atoms. The van der Waals surface area contributed by atoms with Gasteiger partial charge >= 0.3 is 0 Å². The Kier molecular flexibility index (Phi) is 2.40. The van der Waals surface area contributed by atoms with E-state index in [1.165, 1.54) is 19.3 Å². The molecule has 2 aromatic heterocycles. The molecule has 0 spiro atoms. The Bertz CT molecular complexity index is 498. The van der Waals surface area contributed by atoms with Crippen LogP contribution in [0.15, 0.2) is 0 Å². The van der Waals surface area contributed by atoms with Crippen molar-refractivity contribution in [2.75, 3.05) is 7.05 Å². The molecule has 1 saturated carbocycles. The summed E-state index contributed by atoms with van der Waals surface area (Å²) in [4.78, 5) is 0.916. The topological polar surface area (TPSA) is 55.1 Å². The van der Waals surface area contributed by atoms with E-state index in [1.807, 2.05) is 11.6 Å². The van der Waals surface area contributed by atoms with Crippen molar-refractivity contribution in [2.45, 2.75) is 38.1 Å². The zero-order valence-electron chi connectivity index (χ0n) is 9.47. The van der Waals surface area contributed by atoms with Gasteiger partial charge in [0.1, 0.15) is 5.01 Å². The lowest BCUT2D eigenvalue weighted by molar-refractivity contribution is 0.394. The number of nitrogens with zero attached hydrogens (tertiary/aromatic N) is 4. The number of nitrogens with one attached hydrogen (secondary N) is 1. The summed E-state index contributed by atoms with van der Waals surface area (Å²) < 4.78 is 1.93. The van der Waals surface area contributed by atoms with Crippen LogP contribution in [0.3, 0.4) is 0 Å². The minimum atomic E-state index is 0.279. The fourth-order valence-corrected chi connectivity index (χ4v) is 2.77. The van der Waals surface area contributed by atoms with E-state index < -0.39 is 0 Å². The molecule has 1 aliphatic rings. The normalized spacial score (nSPS) is 18.9. The highest BCUT2D eigenvalue weighted by atomic mass is 32.1. The lowest BCUT2D eigenvalue weighted by atomic mass is 9.85. The van der Waals surface area contributed by atoms with E-state index in [-0.39, 0.29) is 6.04 Å². The number of aromatic nitrogens is 4. The second kappa shape index (κ2) is 3.78. The molecule has 1 aliphatic carbocycles. The van der Waals surface area contributed by atoms with Gasteiger partial charge in [-0.2, -0.15) is 9.61 Å². The smallest absolute Gasteiger partial charge is 0.234 e. The highest BCUT2D eigenvalue weighted by Crippen LogP contribution is 2.35. The van der Waals surface area contributed by atoms with Gasteiger partial charge in [0.15, 0.2) is 5.82 Å². The maximum atomic E-state index is 4.59. The van der Waals surface area contributed by atoms with Crippen molar-refractivity contribution >= 4 is 16.3 Å². The largest absolute Gasteiger partial charge is 0.311 e. The van der Waals surface area contributed by atoms with Crippen LogP contribution >= 0.6 is 11.3 Å². The van der Waals surface area contributed by atoms with Crippen LogP contribution in [-0.4, -0.2) is 26.9 Å². The predicted molar refractivity (Wildman–Crippen MR) is 62.7 cm³/mol. The lowest BCUT2D eigenvalue weighted by Crippen LogP contribution is -2.15. The van der Waals surface area contributed by atoms with Crippen LogP contribution in [0.25, 0.3) is 4.96 Å². The molecular formula is C10H15N5S. The summed E-state index contributed by atoms with van der Waals surface area (Å²) in [6.45, 7) is 2.11. The highest BCUT2D eigenvalue weighted by Gasteiger charge is 2.26. The van der Waals surface area contributed by atoms with Crippen molar-refractivity contribution in [1.82, 2.24) is 25.1 Å². The lowest BCUT2D eigenvalue weighted by Gasteiger charge is -2.22. The van der Waals surface area contributed by atoms with Crippen molar-refractivity contribution in [1.29, 1.82) is 0 Å². The third kappa shape index (κ3) is 1.44. The van der Waals surface area contributed by atoms with E-state index in [1.54, 1.807) is 11.3 Å². The number of fused-ring (bicyclic) bond motifs is 1. The van der Waals surface area contributed by atoms with Gasteiger partial charge in [0.2, 0.25) is 4.96 Å². The molecular weight excluding hydrogens is 222 g/mol. The number of hydrogen-bond donors (Lipinski definition) is 1. The van der Waals surface area contributed by atoms with Gasteiger partial charge in [-0.05, 0) is 26.8 Å². The van der Waals surface area contributed by atoms with Crippen LogP contribution in [0.2, 0.25) is 0 Å². The highest BCUT2D eigenvalue weighted by molar-refractivity contribution is 7.16. The molecule has 6 heteroatoms. The molecule has 0 aliphatic heterocycles. The summed E-state index contributed by atoms with van der Waals surface area (Å²) in [6.07, 6.45) is 3.77. The third-order valence-corrected chi connectivity index (χ3v) is 4.39. The van der Waals surface area contributed by atoms with E-state index in [4.69, 9.17) is 0 Å². The summed E-state index contributed by atoms with van der Waals surface area (Å²) in [7, 11) is 1.94. The van der Waals surface area contributed by atoms with E-state index in [9.17, 15) is 0 Å². The summed E-state index contributed by atoms with van der Waals surface area (Å²) in [5, 5.41) is 17.3. The second-order valence-electron chi connectivity index (χ2n) is 4.33. The minimum Gasteiger partial charge on any atom is -0.311 e. The van der Waals surface area contributed by atoms with Gasteiger partial charge in [0, 0.05) is 5.92 Å². The van der Waals surface area contributed by atoms with Gasteiger partial charge in [-0.25, -0.2) is 0 Å². The van der Waals surface area contributed by atoms with Crippen molar-refractivity contribution in [3.8, 4) is 0 Å². The van der Waals surface area contributed by atoms with Gasteiger partial charge < -0.3 is 5.32 Å². The van der Waals surface area contributed by atoms with Crippen LogP contribution in [0.4, 0.5) is 0 Å². The molecule has 1 unspecified atom stereocenters. The molecule has 0 aromatic carbocycles. The number of rotatable bonds is 3. The Hall–Kier alpha value is -1.01. The van der Waals surface area contributed by atoms with E-state index in [2.05, 4.69) is 27.5 Å². The summed E-state index contributed by atoms with van der Waals surface area (Å²) in [6, 6.07) is 0.279. The maximum absolute atomic E-state index is 4.59. The van der Waals surface area contributed by atoms with Crippen LogP contribution in [0.5, 0.6) is 0 Å².